The van der Waals surface area contributed by atoms with Crippen LogP contribution in [0.15, 0.2) is 0 Å². The summed E-state index contributed by atoms with van der Waals surface area (Å²) in [5.74, 6) is 0. The second-order valence-electron chi connectivity index (χ2n) is 5.69. The maximum absolute atomic E-state index is 5.99. The molecule has 82 valence electrons. The average Bonchev–Trinajstić information content (AvgIpc) is 2.51. The minimum atomic E-state index is 0.424. The van der Waals surface area contributed by atoms with Crippen LogP contribution in [-0.4, -0.2) is 29.1 Å². The Kier molecular flexibility index (Phi) is 2.85. The van der Waals surface area contributed by atoms with E-state index in [-0.39, 0.29) is 0 Å². The van der Waals surface area contributed by atoms with E-state index in [0.29, 0.717) is 11.6 Å². The molecule has 0 aromatic carbocycles. The van der Waals surface area contributed by atoms with Gasteiger partial charge in [-0.15, -0.1) is 0 Å². The van der Waals surface area contributed by atoms with E-state index in [1.807, 2.05) is 0 Å². The molecular weight excluding hydrogens is 172 g/mol. The van der Waals surface area contributed by atoms with Gasteiger partial charge in [-0.3, -0.25) is 4.90 Å². The first-order valence-electron chi connectivity index (χ1n) is 6.12. The molecule has 14 heavy (non-hydrogen) atoms. The Morgan fingerprint density at radius 1 is 1.21 bits per heavy atom. The molecule has 0 bridgehead atoms. The van der Waals surface area contributed by atoms with Crippen molar-refractivity contribution < 1.29 is 0 Å². The molecule has 2 heteroatoms. The number of nitrogens with two attached hydrogens (primary N) is 1. The normalized spacial score (nSPS) is 38.8. The lowest BCUT2D eigenvalue weighted by molar-refractivity contribution is 0.0350. The van der Waals surface area contributed by atoms with Crippen molar-refractivity contribution in [1.29, 1.82) is 0 Å². The van der Waals surface area contributed by atoms with Gasteiger partial charge in [0.05, 0.1) is 0 Å². The molecule has 2 rings (SSSR count). The maximum Gasteiger partial charge on any atom is 0.0156 e. The van der Waals surface area contributed by atoms with Gasteiger partial charge in [-0.1, -0.05) is 6.42 Å². The molecule has 1 saturated carbocycles. The summed E-state index contributed by atoms with van der Waals surface area (Å²) in [6, 6.07) is 1.25. The predicted molar refractivity (Wildman–Crippen MR) is 60.3 cm³/mol. The van der Waals surface area contributed by atoms with Gasteiger partial charge in [-0.25, -0.2) is 0 Å². The third kappa shape index (κ3) is 1.96. The lowest BCUT2D eigenvalue weighted by Crippen LogP contribution is -2.52. The van der Waals surface area contributed by atoms with Crippen LogP contribution in [-0.2, 0) is 0 Å². The van der Waals surface area contributed by atoms with Gasteiger partial charge in [0.15, 0.2) is 0 Å². The minimum absolute atomic E-state index is 0.424. The Balaban J connectivity index is 2.01. The summed E-state index contributed by atoms with van der Waals surface area (Å²) in [6.07, 6.45) is 7.93. The number of rotatable bonds is 1. The van der Waals surface area contributed by atoms with E-state index in [9.17, 15) is 0 Å². The van der Waals surface area contributed by atoms with Crippen LogP contribution in [0, 0.1) is 0 Å². The van der Waals surface area contributed by atoms with Crippen molar-refractivity contribution in [2.75, 3.05) is 6.54 Å². The van der Waals surface area contributed by atoms with Gasteiger partial charge in [0.1, 0.15) is 0 Å². The molecule has 2 nitrogen and oxygen atoms in total. The van der Waals surface area contributed by atoms with E-state index >= 15 is 0 Å². The van der Waals surface area contributed by atoms with Crippen LogP contribution in [0.5, 0.6) is 0 Å². The van der Waals surface area contributed by atoms with Gasteiger partial charge >= 0.3 is 0 Å². The van der Waals surface area contributed by atoms with Crippen molar-refractivity contribution in [2.45, 2.75) is 70.0 Å². The molecule has 0 radical (unpaired) electrons. The van der Waals surface area contributed by atoms with Crippen LogP contribution < -0.4 is 5.73 Å². The summed E-state index contributed by atoms with van der Waals surface area (Å²) in [4.78, 5) is 2.73. The van der Waals surface area contributed by atoms with Crippen molar-refractivity contribution in [3.8, 4) is 0 Å². The van der Waals surface area contributed by atoms with Crippen LogP contribution in [0.4, 0.5) is 0 Å². The molecule has 2 aliphatic rings. The van der Waals surface area contributed by atoms with Gasteiger partial charge in [-0.05, 0) is 52.5 Å². The van der Waals surface area contributed by atoms with Crippen molar-refractivity contribution >= 4 is 0 Å². The molecular formula is C12H24N2. The molecule has 2 N–H and O–H groups in total. The highest BCUT2D eigenvalue weighted by atomic mass is 15.2. The summed E-state index contributed by atoms with van der Waals surface area (Å²) in [5.41, 5.74) is 6.42. The van der Waals surface area contributed by atoms with E-state index in [0.717, 1.165) is 6.04 Å². The van der Waals surface area contributed by atoms with Gasteiger partial charge in [0.25, 0.3) is 0 Å². The Bertz CT molecular complexity index is 200. The Hall–Kier alpha value is -0.0800. The molecule has 0 spiro atoms. The quantitative estimate of drug-likeness (QED) is 0.696. The van der Waals surface area contributed by atoms with Gasteiger partial charge in [0, 0.05) is 17.6 Å². The van der Waals surface area contributed by atoms with Gasteiger partial charge < -0.3 is 5.73 Å². The number of piperidine rings is 1. The average molecular weight is 196 g/mol. The zero-order valence-corrected chi connectivity index (χ0v) is 9.63. The molecule has 0 aromatic heterocycles. The van der Waals surface area contributed by atoms with Crippen molar-refractivity contribution in [3.63, 3.8) is 0 Å². The Labute approximate surface area is 87.8 Å². The molecule has 0 amide bonds. The van der Waals surface area contributed by atoms with E-state index < -0.39 is 0 Å². The highest BCUT2D eigenvalue weighted by molar-refractivity contribution is 4.94. The fourth-order valence-electron chi connectivity index (χ4n) is 3.24. The summed E-state index contributed by atoms with van der Waals surface area (Å²) in [6.45, 7) is 6.09. The van der Waals surface area contributed by atoms with Crippen molar-refractivity contribution in [3.05, 3.63) is 0 Å². The number of hydrogen-bond donors (Lipinski definition) is 1. The van der Waals surface area contributed by atoms with Crippen LogP contribution in [0.2, 0.25) is 0 Å². The SMILES string of the molecule is CC1(C)CCCCN1C1CCC(N)C1. The lowest BCUT2D eigenvalue weighted by atomic mass is 9.88. The van der Waals surface area contributed by atoms with E-state index in [2.05, 4.69) is 18.7 Å². The first kappa shape index (κ1) is 10.4. The number of hydrogen-bond acceptors (Lipinski definition) is 2. The highest BCUT2D eigenvalue weighted by Crippen LogP contribution is 2.34. The molecule has 2 atom stereocenters. The second-order valence-corrected chi connectivity index (χ2v) is 5.69. The summed E-state index contributed by atoms with van der Waals surface area (Å²) in [7, 11) is 0. The maximum atomic E-state index is 5.99. The molecule has 1 aliphatic carbocycles. The zero-order chi connectivity index (χ0) is 10.2. The van der Waals surface area contributed by atoms with E-state index in [4.69, 9.17) is 5.73 Å². The van der Waals surface area contributed by atoms with Crippen LogP contribution in [0.25, 0.3) is 0 Å². The monoisotopic (exact) mass is 196 g/mol. The van der Waals surface area contributed by atoms with Gasteiger partial charge in [-0.2, -0.15) is 0 Å². The highest BCUT2D eigenvalue weighted by Gasteiger charge is 2.37. The van der Waals surface area contributed by atoms with Crippen LogP contribution >= 0.6 is 0 Å². The Morgan fingerprint density at radius 3 is 2.57 bits per heavy atom. The zero-order valence-electron chi connectivity index (χ0n) is 9.63. The molecule has 1 saturated heterocycles. The van der Waals surface area contributed by atoms with E-state index in [1.165, 1.54) is 45.1 Å². The molecule has 0 aromatic rings. The lowest BCUT2D eigenvalue weighted by Gasteiger charge is -2.46. The van der Waals surface area contributed by atoms with Gasteiger partial charge in [0.2, 0.25) is 0 Å². The van der Waals surface area contributed by atoms with Crippen molar-refractivity contribution in [1.82, 2.24) is 4.90 Å². The summed E-state index contributed by atoms with van der Waals surface area (Å²) < 4.78 is 0. The molecule has 2 fully saturated rings. The summed E-state index contributed by atoms with van der Waals surface area (Å²) >= 11 is 0. The Morgan fingerprint density at radius 2 is 2.00 bits per heavy atom. The predicted octanol–water partition coefficient (Wildman–Crippen LogP) is 2.13. The number of likely N-dealkylation sites (tertiary alicyclic amines) is 1. The first-order chi connectivity index (χ1) is 6.59. The third-order valence-electron chi connectivity index (χ3n) is 4.10. The standard InChI is InChI=1S/C12H24N2/c1-12(2)7-3-4-8-14(12)11-6-5-10(13)9-11/h10-11H,3-9,13H2,1-2H3. The number of nitrogens with zero attached hydrogens (tertiary/aromatic N) is 1. The smallest absolute Gasteiger partial charge is 0.0156 e. The van der Waals surface area contributed by atoms with Crippen molar-refractivity contribution in [2.24, 2.45) is 5.73 Å². The fourth-order valence-corrected chi connectivity index (χ4v) is 3.24. The largest absolute Gasteiger partial charge is 0.328 e. The topological polar surface area (TPSA) is 29.3 Å². The minimum Gasteiger partial charge on any atom is -0.328 e. The second kappa shape index (κ2) is 3.82. The van der Waals surface area contributed by atoms with E-state index in [1.54, 1.807) is 0 Å². The van der Waals surface area contributed by atoms with Crippen LogP contribution in [0.3, 0.4) is 0 Å². The first-order valence-corrected chi connectivity index (χ1v) is 6.12. The summed E-state index contributed by atoms with van der Waals surface area (Å²) in [5, 5.41) is 0. The molecule has 1 heterocycles. The molecule has 1 aliphatic heterocycles. The van der Waals surface area contributed by atoms with Crippen LogP contribution in [0.1, 0.15) is 52.4 Å². The fraction of sp³-hybridized carbons (Fsp3) is 1.00. The third-order valence-corrected chi connectivity index (χ3v) is 4.10. The molecule has 2 unspecified atom stereocenters.